The van der Waals surface area contributed by atoms with Crippen LogP contribution in [0, 0.1) is 19.7 Å². The molecule has 3 N–H and O–H groups in total. The van der Waals surface area contributed by atoms with E-state index in [9.17, 15) is 4.39 Å². The quantitative estimate of drug-likeness (QED) is 0.278. The number of guanidine groups is 1. The van der Waals surface area contributed by atoms with Crippen LogP contribution in [0.5, 0.6) is 0 Å². The summed E-state index contributed by atoms with van der Waals surface area (Å²) < 4.78 is 15.2. The van der Waals surface area contributed by atoms with Gasteiger partial charge in [0.1, 0.15) is 5.82 Å². The lowest BCUT2D eigenvalue weighted by Crippen LogP contribution is -2.39. The third-order valence-corrected chi connectivity index (χ3v) is 4.97. The number of aromatic nitrogens is 3. The third-order valence-electron chi connectivity index (χ3n) is 4.97. The molecule has 0 amide bonds. The van der Waals surface area contributed by atoms with E-state index < -0.39 is 0 Å². The molecule has 0 unspecified atom stereocenters. The summed E-state index contributed by atoms with van der Waals surface area (Å²) in [6.07, 6.45) is 3.67. The maximum absolute atomic E-state index is 13.3. The minimum absolute atomic E-state index is 0. The molecule has 28 heavy (non-hydrogen) atoms. The number of nitrogens with zero attached hydrogens (tertiary/aromatic N) is 3. The van der Waals surface area contributed by atoms with E-state index >= 15 is 0 Å². The third kappa shape index (κ3) is 5.03. The van der Waals surface area contributed by atoms with Gasteiger partial charge in [-0.1, -0.05) is 0 Å². The lowest BCUT2D eigenvalue weighted by atomic mass is 10.1. The van der Waals surface area contributed by atoms with Gasteiger partial charge >= 0.3 is 0 Å². The minimum atomic E-state index is -0.224. The average molecular weight is 498 g/mol. The highest BCUT2D eigenvalue weighted by Gasteiger charge is 2.09. The van der Waals surface area contributed by atoms with Gasteiger partial charge in [0.15, 0.2) is 5.96 Å². The first-order valence-electron chi connectivity index (χ1n) is 9.18. The average Bonchev–Trinajstić information content (AvgIpc) is 3.15. The van der Waals surface area contributed by atoms with Crippen LogP contribution in [-0.4, -0.2) is 40.9 Å². The normalized spacial score (nSPS) is 11.5. The van der Waals surface area contributed by atoms with Gasteiger partial charge in [0.25, 0.3) is 0 Å². The number of nitrogens with one attached hydrogen (secondary N) is 3. The van der Waals surface area contributed by atoms with Crippen molar-refractivity contribution in [3.05, 3.63) is 52.7 Å². The second-order valence-corrected chi connectivity index (χ2v) is 6.70. The number of aryl methyl sites for hydroxylation is 2. The Morgan fingerprint density at radius 2 is 1.93 bits per heavy atom. The number of benzene rings is 1. The molecule has 6 nitrogen and oxygen atoms in total. The van der Waals surface area contributed by atoms with Crippen LogP contribution in [0.25, 0.3) is 10.9 Å². The molecule has 0 atom stereocenters. The maximum atomic E-state index is 13.3. The van der Waals surface area contributed by atoms with Crippen LogP contribution in [-0.2, 0) is 19.9 Å². The summed E-state index contributed by atoms with van der Waals surface area (Å²) in [5, 5.41) is 12.2. The van der Waals surface area contributed by atoms with Crippen molar-refractivity contribution in [1.82, 2.24) is 25.4 Å². The highest BCUT2D eigenvalue weighted by Crippen LogP contribution is 2.19. The zero-order valence-corrected chi connectivity index (χ0v) is 19.1. The van der Waals surface area contributed by atoms with E-state index in [-0.39, 0.29) is 29.8 Å². The van der Waals surface area contributed by atoms with E-state index in [0.717, 1.165) is 54.1 Å². The zero-order chi connectivity index (χ0) is 19.4. The van der Waals surface area contributed by atoms with Gasteiger partial charge in [-0.05, 0) is 56.0 Å². The Balaban J connectivity index is 0.00000280. The second kappa shape index (κ2) is 9.90. The summed E-state index contributed by atoms with van der Waals surface area (Å²) in [4.78, 5) is 7.40. The molecule has 0 saturated heterocycles. The Kier molecular flexibility index (Phi) is 7.85. The molecular weight excluding hydrogens is 470 g/mol. The van der Waals surface area contributed by atoms with Crippen LogP contribution < -0.4 is 10.6 Å². The van der Waals surface area contributed by atoms with Crippen LogP contribution in [0.2, 0.25) is 0 Å². The molecule has 152 valence electrons. The van der Waals surface area contributed by atoms with Gasteiger partial charge in [-0.25, -0.2) is 4.39 Å². The van der Waals surface area contributed by atoms with Gasteiger partial charge in [0.2, 0.25) is 0 Å². The van der Waals surface area contributed by atoms with E-state index in [4.69, 9.17) is 0 Å². The van der Waals surface area contributed by atoms with Crippen molar-refractivity contribution in [2.75, 3.05) is 20.1 Å². The van der Waals surface area contributed by atoms with E-state index in [2.05, 4.69) is 32.6 Å². The molecule has 0 aliphatic carbocycles. The van der Waals surface area contributed by atoms with Crippen LogP contribution in [0.1, 0.15) is 22.5 Å². The lowest BCUT2D eigenvalue weighted by molar-refractivity contribution is 0.629. The minimum Gasteiger partial charge on any atom is -0.361 e. The van der Waals surface area contributed by atoms with Gasteiger partial charge in [-0.15, -0.1) is 24.0 Å². The molecule has 8 heteroatoms. The monoisotopic (exact) mass is 498 g/mol. The smallest absolute Gasteiger partial charge is 0.190 e. The summed E-state index contributed by atoms with van der Waals surface area (Å²) in [6.45, 7) is 5.67. The van der Waals surface area contributed by atoms with Gasteiger partial charge in [0, 0.05) is 50.0 Å². The molecular formula is C20H28FIN6. The summed E-state index contributed by atoms with van der Waals surface area (Å²) in [5.74, 6) is 0.554. The van der Waals surface area contributed by atoms with E-state index in [1.807, 2.05) is 30.9 Å². The highest BCUT2D eigenvalue weighted by atomic mass is 127. The Labute approximate surface area is 182 Å². The Morgan fingerprint density at radius 3 is 2.57 bits per heavy atom. The number of aliphatic imine (C=N–C) groups is 1. The van der Waals surface area contributed by atoms with Crippen molar-refractivity contribution in [3.8, 4) is 0 Å². The summed E-state index contributed by atoms with van der Waals surface area (Å²) in [7, 11) is 3.74. The number of halogens is 2. The number of hydrogen-bond donors (Lipinski definition) is 3. The van der Waals surface area contributed by atoms with E-state index in [1.54, 1.807) is 7.05 Å². The summed E-state index contributed by atoms with van der Waals surface area (Å²) in [6, 6.07) is 4.84. The van der Waals surface area contributed by atoms with Gasteiger partial charge in [0.05, 0.1) is 5.69 Å². The van der Waals surface area contributed by atoms with Gasteiger partial charge in [-0.3, -0.25) is 9.67 Å². The first-order chi connectivity index (χ1) is 13.0. The fraction of sp³-hybridized carbons (Fsp3) is 0.400. The van der Waals surface area contributed by atoms with Crippen LogP contribution >= 0.6 is 24.0 Å². The molecule has 0 spiro atoms. The Hall–Kier alpha value is -2.10. The van der Waals surface area contributed by atoms with Crippen molar-refractivity contribution in [2.24, 2.45) is 12.0 Å². The predicted octanol–water partition coefficient (Wildman–Crippen LogP) is 3.23. The largest absolute Gasteiger partial charge is 0.361 e. The first-order valence-corrected chi connectivity index (χ1v) is 9.18. The van der Waals surface area contributed by atoms with Crippen molar-refractivity contribution in [2.45, 2.75) is 26.7 Å². The molecule has 0 fully saturated rings. The lowest BCUT2D eigenvalue weighted by Gasteiger charge is -2.12. The first kappa shape index (κ1) is 22.2. The fourth-order valence-electron chi connectivity index (χ4n) is 3.39. The zero-order valence-electron chi connectivity index (χ0n) is 16.8. The predicted molar refractivity (Wildman–Crippen MR) is 123 cm³/mol. The standard InChI is InChI=1S/C20H27FN6.HI/c1-13-17(14(2)27(4)26-13)8-10-24-20(22-3)23-9-7-15-12-25-19-11-16(21)5-6-18(15)19;/h5-6,11-12,25H,7-10H2,1-4H3,(H2,22,23,24);1H. The van der Waals surface area contributed by atoms with E-state index in [0.29, 0.717) is 0 Å². The molecule has 0 bridgehead atoms. The summed E-state index contributed by atoms with van der Waals surface area (Å²) >= 11 is 0. The summed E-state index contributed by atoms with van der Waals surface area (Å²) in [5.41, 5.74) is 5.55. The molecule has 1 aromatic carbocycles. The molecule has 0 saturated carbocycles. The number of fused-ring (bicyclic) bond motifs is 1. The SMILES string of the molecule is CN=C(NCCc1c(C)nn(C)c1C)NCCc1c[nH]c2cc(F)ccc12.I. The van der Waals surface area contributed by atoms with Crippen molar-refractivity contribution in [1.29, 1.82) is 0 Å². The van der Waals surface area contributed by atoms with Gasteiger partial charge < -0.3 is 15.6 Å². The fourth-order valence-corrected chi connectivity index (χ4v) is 3.39. The van der Waals surface area contributed by atoms with Crippen molar-refractivity contribution < 1.29 is 4.39 Å². The van der Waals surface area contributed by atoms with Gasteiger partial charge in [-0.2, -0.15) is 5.10 Å². The number of H-pyrrole nitrogens is 1. The van der Waals surface area contributed by atoms with Crippen LogP contribution in [0.3, 0.4) is 0 Å². The van der Waals surface area contributed by atoms with Crippen LogP contribution in [0.4, 0.5) is 4.39 Å². The number of rotatable bonds is 6. The molecule has 0 aliphatic rings. The number of hydrogen-bond acceptors (Lipinski definition) is 2. The second-order valence-electron chi connectivity index (χ2n) is 6.70. The molecule has 3 aromatic rings. The van der Waals surface area contributed by atoms with Crippen molar-refractivity contribution in [3.63, 3.8) is 0 Å². The highest BCUT2D eigenvalue weighted by molar-refractivity contribution is 14.0. The molecule has 0 aliphatic heterocycles. The van der Waals surface area contributed by atoms with Crippen LogP contribution in [0.15, 0.2) is 29.4 Å². The molecule has 3 rings (SSSR count). The molecule has 2 aromatic heterocycles. The Morgan fingerprint density at radius 1 is 1.21 bits per heavy atom. The van der Waals surface area contributed by atoms with Crippen molar-refractivity contribution >= 4 is 40.8 Å². The molecule has 0 radical (unpaired) electrons. The topological polar surface area (TPSA) is 70.0 Å². The number of aromatic amines is 1. The Bertz CT molecular complexity index is 959. The molecule has 2 heterocycles. The maximum Gasteiger partial charge on any atom is 0.190 e. The van der Waals surface area contributed by atoms with E-state index in [1.165, 1.54) is 23.4 Å².